The van der Waals surface area contributed by atoms with Gasteiger partial charge in [0.15, 0.2) is 0 Å². The van der Waals surface area contributed by atoms with E-state index in [9.17, 15) is 4.79 Å². The molecule has 1 aliphatic rings. The highest BCUT2D eigenvalue weighted by atomic mass is 16.1. The molecule has 3 rings (SSSR count). The molecule has 1 heterocycles. The van der Waals surface area contributed by atoms with Crippen LogP contribution in [0.15, 0.2) is 54.6 Å². The first-order chi connectivity index (χ1) is 11.3. The lowest BCUT2D eigenvalue weighted by Gasteiger charge is -2.23. The molecule has 0 radical (unpaired) electrons. The Kier molecular flexibility index (Phi) is 5.43. The zero-order chi connectivity index (χ0) is 15.9. The van der Waals surface area contributed by atoms with Crippen LogP contribution in [-0.4, -0.2) is 32.1 Å². The predicted molar refractivity (Wildman–Crippen MR) is 93.6 cm³/mol. The fraction of sp³-hybridized carbons (Fsp3) is 0.350. The molecule has 120 valence electrons. The van der Waals surface area contributed by atoms with Crippen molar-refractivity contribution in [2.24, 2.45) is 0 Å². The Labute approximate surface area is 138 Å². The molecule has 0 spiro atoms. The van der Waals surface area contributed by atoms with Crippen LogP contribution in [0.5, 0.6) is 0 Å². The molecule has 0 atom stereocenters. The van der Waals surface area contributed by atoms with Gasteiger partial charge in [-0.05, 0) is 42.5 Å². The Balaban J connectivity index is 1.51. The van der Waals surface area contributed by atoms with Crippen molar-refractivity contribution in [1.29, 1.82) is 0 Å². The van der Waals surface area contributed by atoms with Crippen LogP contribution in [0.4, 0.5) is 0 Å². The Hall–Kier alpha value is -2.13. The van der Waals surface area contributed by atoms with Crippen molar-refractivity contribution in [3.63, 3.8) is 0 Å². The number of likely N-dealkylation sites (tertiary alicyclic amines) is 1. The van der Waals surface area contributed by atoms with Crippen molar-refractivity contribution in [1.82, 2.24) is 5.32 Å². The summed E-state index contributed by atoms with van der Waals surface area (Å²) in [5.41, 5.74) is 3.05. The highest BCUT2D eigenvalue weighted by molar-refractivity contribution is 5.94. The van der Waals surface area contributed by atoms with E-state index in [0.29, 0.717) is 0 Å². The number of rotatable bonds is 5. The van der Waals surface area contributed by atoms with Crippen LogP contribution >= 0.6 is 0 Å². The summed E-state index contributed by atoms with van der Waals surface area (Å²) in [6, 6.07) is 18.1. The lowest BCUT2D eigenvalue weighted by Crippen LogP contribution is -3.13. The van der Waals surface area contributed by atoms with E-state index in [1.807, 2.05) is 42.5 Å². The maximum atomic E-state index is 12.2. The highest BCUT2D eigenvalue weighted by Crippen LogP contribution is 2.19. The summed E-state index contributed by atoms with van der Waals surface area (Å²) in [6.07, 6.45) is 4.01. The summed E-state index contributed by atoms with van der Waals surface area (Å²) in [5.74, 6) is 0.0287. The van der Waals surface area contributed by atoms with Crippen LogP contribution < -0.4 is 10.2 Å². The first-order valence-corrected chi connectivity index (χ1v) is 8.60. The van der Waals surface area contributed by atoms with Crippen molar-refractivity contribution in [3.05, 3.63) is 60.2 Å². The lowest BCUT2D eigenvalue weighted by molar-refractivity contribution is -0.903. The van der Waals surface area contributed by atoms with Crippen molar-refractivity contribution in [3.8, 4) is 11.1 Å². The number of carbonyl (C=O) groups excluding carboxylic acids is 1. The van der Waals surface area contributed by atoms with Crippen molar-refractivity contribution >= 4 is 5.91 Å². The number of quaternary nitrogens is 1. The molecule has 1 amide bonds. The monoisotopic (exact) mass is 309 g/mol. The number of hydrogen-bond donors (Lipinski definition) is 2. The fourth-order valence-corrected chi connectivity index (χ4v) is 3.20. The Morgan fingerprint density at radius 3 is 2.22 bits per heavy atom. The van der Waals surface area contributed by atoms with E-state index in [1.54, 1.807) is 4.90 Å². The van der Waals surface area contributed by atoms with Crippen molar-refractivity contribution in [2.75, 3.05) is 26.2 Å². The first-order valence-electron chi connectivity index (χ1n) is 8.60. The second-order valence-electron chi connectivity index (χ2n) is 6.26. The van der Waals surface area contributed by atoms with Gasteiger partial charge in [0, 0.05) is 5.56 Å². The minimum Gasteiger partial charge on any atom is -0.346 e. The van der Waals surface area contributed by atoms with Crippen LogP contribution in [0.2, 0.25) is 0 Å². The van der Waals surface area contributed by atoms with Gasteiger partial charge >= 0.3 is 0 Å². The summed E-state index contributed by atoms with van der Waals surface area (Å²) in [5, 5.41) is 3.05. The second kappa shape index (κ2) is 7.93. The maximum Gasteiger partial charge on any atom is 0.251 e. The average Bonchev–Trinajstić information content (AvgIpc) is 2.63. The van der Waals surface area contributed by atoms with Gasteiger partial charge in [0.05, 0.1) is 26.2 Å². The molecule has 23 heavy (non-hydrogen) atoms. The second-order valence-corrected chi connectivity index (χ2v) is 6.26. The smallest absolute Gasteiger partial charge is 0.251 e. The first kappa shape index (κ1) is 15.8. The van der Waals surface area contributed by atoms with Gasteiger partial charge in [-0.3, -0.25) is 4.79 Å². The van der Waals surface area contributed by atoms with Gasteiger partial charge in [-0.25, -0.2) is 0 Å². The average molecular weight is 309 g/mol. The van der Waals surface area contributed by atoms with E-state index in [0.717, 1.165) is 24.2 Å². The molecular formula is C20H25N2O+. The summed E-state index contributed by atoms with van der Waals surface area (Å²) in [6.45, 7) is 4.30. The van der Waals surface area contributed by atoms with Crippen LogP contribution in [0, 0.1) is 0 Å². The molecule has 3 nitrogen and oxygen atoms in total. The molecule has 3 heteroatoms. The van der Waals surface area contributed by atoms with Gasteiger partial charge in [-0.2, -0.15) is 0 Å². The largest absolute Gasteiger partial charge is 0.346 e. The molecule has 2 N–H and O–H groups in total. The zero-order valence-electron chi connectivity index (χ0n) is 13.6. The molecule has 0 bridgehead atoms. The van der Waals surface area contributed by atoms with Crippen LogP contribution in [0.1, 0.15) is 29.6 Å². The van der Waals surface area contributed by atoms with Gasteiger partial charge in [-0.15, -0.1) is 0 Å². The highest BCUT2D eigenvalue weighted by Gasteiger charge is 2.13. The number of benzene rings is 2. The van der Waals surface area contributed by atoms with E-state index in [1.165, 1.54) is 37.9 Å². The van der Waals surface area contributed by atoms with E-state index >= 15 is 0 Å². The standard InChI is InChI=1S/C20H24N2O/c23-20(21-13-16-22-14-5-2-6-15-22)19-11-9-18(10-12-19)17-7-3-1-4-8-17/h1,3-4,7-12H,2,5-6,13-16H2,(H,21,23)/p+1. The Bertz CT molecular complexity index is 616. The van der Waals surface area contributed by atoms with Gasteiger partial charge in [0.2, 0.25) is 0 Å². The van der Waals surface area contributed by atoms with Gasteiger partial charge in [-0.1, -0.05) is 42.5 Å². The normalized spacial score (nSPS) is 15.3. The molecule has 0 unspecified atom stereocenters. The zero-order valence-corrected chi connectivity index (χ0v) is 13.6. The lowest BCUT2D eigenvalue weighted by atomic mass is 10.0. The summed E-state index contributed by atoms with van der Waals surface area (Å²) in [7, 11) is 0. The predicted octanol–water partition coefficient (Wildman–Crippen LogP) is 2.15. The van der Waals surface area contributed by atoms with E-state index < -0.39 is 0 Å². The molecule has 2 aromatic carbocycles. The Morgan fingerprint density at radius 1 is 0.870 bits per heavy atom. The molecule has 0 aliphatic carbocycles. The molecular weight excluding hydrogens is 284 g/mol. The van der Waals surface area contributed by atoms with Crippen LogP contribution in [-0.2, 0) is 0 Å². The van der Waals surface area contributed by atoms with E-state index in [-0.39, 0.29) is 5.91 Å². The number of piperidine rings is 1. The summed E-state index contributed by atoms with van der Waals surface area (Å²) < 4.78 is 0. The summed E-state index contributed by atoms with van der Waals surface area (Å²) >= 11 is 0. The fourth-order valence-electron chi connectivity index (χ4n) is 3.20. The molecule has 0 aromatic heterocycles. The minimum atomic E-state index is 0.0287. The van der Waals surface area contributed by atoms with E-state index in [4.69, 9.17) is 0 Å². The molecule has 2 aromatic rings. The van der Waals surface area contributed by atoms with E-state index in [2.05, 4.69) is 17.4 Å². The third-order valence-corrected chi connectivity index (χ3v) is 4.58. The quantitative estimate of drug-likeness (QED) is 0.872. The van der Waals surface area contributed by atoms with Gasteiger partial charge < -0.3 is 10.2 Å². The molecule has 1 aliphatic heterocycles. The third kappa shape index (κ3) is 4.42. The summed E-state index contributed by atoms with van der Waals surface area (Å²) in [4.78, 5) is 13.8. The minimum absolute atomic E-state index is 0.0287. The van der Waals surface area contributed by atoms with Crippen molar-refractivity contribution in [2.45, 2.75) is 19.3 Å². The molecule has 1 saturated heterocycles. The van der Waals surface area contributed by atoms with Crippen molar-refractivity contribution < 1.29 is 9.69 Å². The number of nitrogens with one attached hydrogen (secondary N) is 2. The third-order valence-electron chi connectivity index (χ3n) is 4.58. The SMILES string of the molecule is O=C(NCC[NH+]1CCCCC1)c1ccc(-c2ccccc2)cc1. The maximum absolute atomic E-state index is 12.2. The molecule has 1 fully saturated rings. The Morgan fingerprint density at radius 2 is 1.52 bits per heavy atom. The number of amides is 1. The van der Waals surface area contributed by atoms with Crippen LogP contribution in [0.3, 0.4) is 0 Å². The van der Waals surface area contributed by atoms with Gasteiger partial charge in [0.1, 0.15) is 0 Å². The van der Waals surface area contributed by atoms with Gasteiger partial charge in [0.25, 0.3) is 5.91 Å². The number of carbonyl (C=O) groups is 1. The van der Waals surface area contributed by atoms with Crippen LogP contribution in [0.25, 0.3) is 11.1 Å². The number of hydrogen-bond acceptors (Lipinski definition) is 1. The topological polar surface area (TPSA) is 33.5 Å². The molecule has 0 saturated carbocycles.